The molecule has 1 aliphatic rings. The first kappa shape index (κ1) is 15.5. The molecule has 2 N–H and O–H groups in total. The van der Waals surface area contributed by atoms with Crippen molar-refractivity contribution in [3.05, 3.63) is 30.5 Å². The minimum Gasteiger partial charge on any atom is -0.481 e. The van der Waals surface area contributed by atoms with Crippen molar-refractivity contribution in [2.45, 2.75) is 20.4 Å². The average Bonchev–Trinajstić information content (AvgIpc) is 2.93. The van der Waals surface area contributed by atoms with Crippen molar-refractivity contribution in [2.75, 3.05) is 6.54 Å². The molecule has 4 atom stereocenters. The third kappa shape index (κ3) is 2.81. The summed E-state index contributed by atoms with van der Waals surface area (Å²) in [5, 5.41) is 17.6. The molecule has 0 bridgehead atoms. The Morgan fingerprint density at radius 1 is 1.22 bits per heavy atom. The first-order valence-electron chi connectivity index (χ1n) is 7.91. The predicted octanol–water partition coefficient (Wildman–Crippen LogP) is 1.76. The first-order chi connectivity index (χ1) is 11.0. The van der Waals surface area contributed by atoms with E-state index in [0.717, 1.165) is 10.9 Å². The number of hydrogen-bond acceptors (Lipinski definition) is 3. The second kappa shape index (κ2) is 6.02. The number of hydrogen-bond donors (Lipinski definition) is 2. The fourth-order valence-electron chi connectivity index (χ4n) is 3.48. The normalized spacial score (nSPS) is 26.7. The third-order valence-corrected chi connectivity index (χ3v) is 5.04. The number of carbonyl (C=O) groups excluding carboxylic acids is 1. The zero-order valence-corrected chi connectivity index (χ0v) is 13.3. The summed E-state index contributed by atoms with van der Waals surface area (Å²) in [6.45, 7) is 4.84. The van der Waals surface area contributed by atoms with Gasteiger partial charge in [-0.2, -0.15) is 5.10 Å². The smallest absolute Gasteiger partial charge is 0.307 e. The second-order valence-corrected chi connectivity index (χ2v) is 6.35. The molecule has 3 rings (SSSR count). The lowest BCUT2D eigenvalue weighted by Crippen LogP contribution is -2.55. The van der Waals surface area contributed by atoms with E-state index in [1.807, 2.05) is 44.3 Å². The summed E-state index contributed by atoms with van der Waals surface area (Å²) in [6.07, 6.45) is 1.94. The van der Waals surface area contributed by atoms with Crippen LogP contribution in [0.15, 0.2) is 30.5 Å². The predicted molar refractivity (Wildman–Crippen MR) is 85.7 cm³/mol. The molecular weight excluding hydrogens is 294 g/mol. The minimum atomic E-state index is -0.880. The Morgan fingerprint density at radius 2 is 1.91 bits per heavy atom. The molecule has 1 fully saturated rings. The van der Waals surface area contributed by atoms with Crippen molar-refractivity contribution < 1.29 is 14.7 Å². The van der Waals surface area contributed by atoms with Gasteiger partial charge in [0.05, 0.1) is 23.9 Å². The molecule has 2 aromatic rings. The van der Waals surface area contributed by atoms with Gasteiger partial charge in [-0.1, -0.05) is 32.0 Å². The molecule has 1 aromatic carbocycles. The Kier molecular flexibility index (Phi) is 4.07. The molecule has 6 nitrogen and oxygen atoms in total. The standard InChI is InChI=1S/C17H21N3O3/c1-10-11(2)15(17(22)23)14(10)16(21)18-7-8-20-9-12-5-3-4-6-13(12)19-20/h3-6,9-11,14-15H,7-8H2,1-2H3,(H,18,21)(H,22,23)/t10?,11?,14-,15+/m0/s1. The Balaban J connectivity index is 1.56. The van der Waals surface area contributed by atoms with E-state index in [9.17, 15) is 14.7 Å². The number of benzene rings is 1. The molecular formula is C17H21N3O3. The summed E-state index contributed by atoms with van der Waals surface area (Å²) in [5.74, 6) is -1.91. The maximum atomic E-state index is 12.3. The van der Waals surface area contributed by atoms with Crippen molar-refractivity contribution in [3.63, 3.8) is 0 Å². The van der Waals surface area contributed by atoms with Crippen LogP contribution < -0.4 is 5.32 Å². The van der Waals surface area contributed by atoms with Crippen LogP contribution in [0.3, 0.4) is 0 Å². The van der Waals surface area contributed by atoms with E-state index in [1.54, 1.807) is 4.68 Å². The van der Waals surface area contributed by atoms with E-state index in [1.165, 1.54) is 0 Å². The Hall–Kier alpha value is -2.37. The number of amides is 1. The molecule has 23 heavy (non-hydrogen) atoms. The number of nitrogens with zero attached hydrogens (tertiary/aromatic N) is 2. The van der Waals surface area contributed by atoms with Gasteiger partial charge in [0, 0.05) is 18.1 Å². The molecule has 1 heterocycles. The van der Waals surface area contributed by atoms with Gasteiger partial charge in [0.1, 0.15) is 0 Å². The van der Waals surface area contributed by atoms with Gasteiger partial charge < -0.3 is 10.4 Å². The van der Waals surface area contributed by atoms with Crippen LogP contribution in [-0.2, 0) is 16.1 Å². The monoisotopic (exact) mass is 315 g/mol. The average molecular weight is 315 g/mol. The van der Waals surface area contributed by atoms with Gasteiger partial charge in [-0.3, -0.25) is 14.3 Å². The van der Waals surface area contributed by atoms with Crippen LogP contribution in [0.1, 0.15) is 13.8 Å². The van der Waals surface area contributed by atoms with E-state index >= 15 is 0 Å². The third-order valence-electron chi connectivity index (χ3n) is 5.04. The zero-order valence-electron chi connectivity index (χ0n) is 13.3. The van der Waals surface area contributed by atoms with Gasteiger partial charge in [0.2, 0.25) is 5.91 Å². The van der Waals surface area contributed by atoms with Crippen molar-refractivity contribution in [2.24, 2.45) is 23.7 Å². The number of fused-ring (bicyclic) bond motifs is 1. The quantitative estimate of drug-likeness (QED) is 0.880. The summed E-state index contributed by atoms with van der Waals surface area (Å²) < 4.78 is 1.80. The van der Waals surface area contributed by atoms with E-state index in [0.29, 0.717) is 13.1 Å². The van der Waals surface area contributed by atoms with E-state index < -0.39 is 17.8 Å². The largest absolute Gasteiger partial charge is 0.481 e. The number of carboxylic acids is 1. The molecule has 0 aliphatic heterocycles. The van der Waals surface area contributed by atoms with Crippen LogP contribution in [0.2, 0.25) is 0 Å². The summed E-state index contributed by atoms with van der Waals surface area (Å²) in [7, 11) is 0. The SMILES string of the molecule is CC1C(C)[C@H](C(=O)NCCn2cc3ccccc3n2)[C@@H]1C(=O)O. The molecule has 0 saturated heterocycles. The molecule has 0 radical (unpaired) electrons. The summed E-state index contributed by atoms with van der Waals surface area (Å²) >= 11 is 0. The summed E-state index contributed by atoms with van der Waals surface area (Å²) in [6, 6.07) is 7.83. The van der Waals surface area contributed by atoms with E-state index in [-0.39, 0.29) is 17.7 Å². The van der Waals surface area contributed by atoms with Gasteiger partial charge in [0.15, 0.2) is 0 Å². The van der Waals surface area contributed by atoms with Crippen LogP contribution in [0, 0.1) is 23.7 Å². The minimum absolute atomic E-state index is 0.0414. The van der Waals surface area contributed by atoms with Gasteiger partial charge in [-0.15, -0.1) is 0 Å². The van der Waals surface area contributed by atoms with Crippen LogP contribution in [0.5, 0.6) is 0 Å². The second-order valence-electron chi connectivity index (χ2n) is 6.35. The maximum Gasteiger partial charge on any atom is 0.307 e. The number of carbonyl (C=O) groups is 2. The van der Waals surface area contributed by atoms with Crippen molar-refractivity contribution in [1.29, 1.82) is 0 Å². The highest BCUT2D eigenvalue weighted by molar-refractivity contribution is 5.87. The Bertz CT molecular complexity index is 707. The molecule has 1 aliphatic carbocycles. The number of aliphatic carboxylic acids is 1. The molecule has 1 aromatic heterocycles. The number of nitrogens with one attached hydrogen (secondary N) is 1. The zero-order chi connectivity index (χ0) is 16.6. The highest BCUT2D eigenvalue weighted by atomic mass is 16.4. The van der Waals surface area contributed by atoms with Crippen molar-refractivity contribution >= 4 is 22.8 Å². The highest BCUT2D eigenvalue weighted by Gasteiger charge is 2.52. The van der Waals surface area contributed by atoms with Gasteiger partial charge in [0.25, 0.3) is 0 Å². The molecule has 6 heteroatoms. The fraction of sp³-hybridized carbons (Fsp3) is 0.471. The van der Waals surface area contributed by atoms with Crippen LogP contribution in [0.25, 0.3) is 10.9 Å². The van der Waals surface area contributed by atoms with Crippen LogP contribution in [0.4, 0.5) is 0 Å². The number of rotatable bonds is 5. The molecule has 2 unspecified atom stereocenters. The maximum absolute atomic E-state index is 12.3. The lowest BCUT2D eigenvalue weighted by atomic mass is 9.57. The van der Waals surface area contributed by atoms with Crippen LogP contribution >= 0.6 is 0 Å². The van der Waals surface area contributed by atoms with Crippen LogP contribution in [-0.4, -0.2) is 33.3 Å². The topological polar surface area (TPSA) is 84.2 Å². The number of carboxylic acid groups (broad SMARTS) is 1. The van der Waals surface area contributed by atoms with Crippen molar-refractivity contribution in [1.82, 2.24) is 15.1 Å². The van der Waals surface area contributed by atoms with Gasteiger partial charge in [-0.25, -0.2) is 0 Å². The Labute approximate surface area is 134 Å². The Morgan fingerprint density at radius 3 is 2.61 bits per heavy atom. The summed E-state index contributed by atoms with van der Waals surface area (Å²) in [4.78, 5) is 23.5. The molecule has 1 amide bonds. The molecule has 122 valence electrons. The van der Waals surface area contributed by atoms with Gasteiger partial charge >= 0.3 is 5.97 Å². The molecule has 0 spiro atoms. The van der Waals surface area contributed by atoms with Crippen molar-refractivity contribution in [3.8, 4) is 0 Å². The first-order valence-corrected chi connectivity index (χ1v) is 7.91. The molecule has 1 saturated carbocycles. The summed E-state index contributed by atoms with van der Waals surface area (Å²) in [5.41, 5.74) is 0.922. The van der Waals surface area contributed by atoms with E-state index in [2.05, 4.69) is 10.4 Å². The lowest BCUT2D eigenvalue weighted by Gasteiger charge is -2.45. The fourth-order valence-corrected chi connectivity index (χ4v) is 3.48. The highest BCUT2D eigenvalue weighted by Crippen LogP contribution is 2.45. The number of aromatic nitrogens is 2. The van der Waals surface area contributed by atoms with Gasteiger partial charge in [-0.05, 0) is 17.9 Å². The van der Waals surface area contributed by atoms with E-state index in [4.69, 9.17) is 0 Å². The lowest BCUT2D eigenvalue weighted by molar-refractivity contribution is -0.163.